The highest BCUT2D eigenvalue weighted by Gasteiger charge is 2.19. The number of aromatic nitrogens is 4. The quantitative estimate of drug-likeness (QED) is 0.753. The highest BCUT2D eigenvalue weighted by atomic mass is 16.2. The molecule has 4 rings (SSSR count). The third kappa shape index (κ3) is 2.68. The lowest BCUT2D eigenvalue weighted by Crippen LogP contribution is -2.27. The smallest absolute Gasteiger partial charge is 0.254 e. The van der Waals surface area contributed by atoms with Crippen molar-refractivity contribution in [3.05, 3.63) is 53.1 Å². The van der Waals surface area contributed by atoms with Gasteiger partial charge in [-0.15, -0.1) is 0 Å². The van der Waals surface area contributed by atoms with Gasteiger partial charge in [-0.1, -0.05) is 6.42 Å². The first-order chi connectivity index (χ1) is 11.7. The van der Waals surface area contributed by atoms with Gasteiger partial charge >= 0.3 is 0 Å². The first kappa shape index (κ1) is 14.9. The molecule has 0 aromatic carbocycles. The van der Waals surface area contributed by atoms with Crippen molar-refractivity contribution in [3.8, 4) is 0 Å². The van der Waals surface area contributed by atoms with E-state index in [0.29, 0.717) is 12.1 Å². The van der Waals surface area contributed by atoms with Crippen LogP contribution in [0, 0.1) is 0 Å². The van der Waals surface area contributed by atoms with Gasteiger partial charge in [0.05, 0.1) is 17.8 Å². The van der Waals surface area contributed by atoms with Crippen molar-refractivity contribution in [2.24, 2.45) is 0 Å². The van der Waals surface area contributed by atoms with Gasteiger partial charge in [-0.2, -0.15) is 10.2 Å². The molecule has 24 heavy (non-hydrogen) atoms. The summed E-state index contributed by atoms with van der Waals surface area (Å²) in [5.74, 6) is 0.00377. The summed E-state index contributed by atoms with van der Waals surface area (Å²) in [6, 6.07) is 5.57. The number of pyridine rings is 1. The molecule has 6 heteroatoms. The average molecular weight is 323 g/mol. The molecule has 0 saturated carbocycles. The molecule has 0 radical (unpaired) electrons. The Hall–Kier alpha value is -2.63. The van der Waals surface area contributed by atoms with Gasteiger partial charge in [0.1, 0.15) is 0 Å². The zero-order valence-corrected chi connectivity index (χ0v) is 13.8. The van der Waals surface area contributed by atoms with E-state index in [1.807, 2.05) is 31.4 Å². The lowest BCUT2D eigenvalue weighted by Gasteiger charge is -2.17. The Morgan fingerprint density at radius 1 is 1.29 bits per heavy atom. The third-order valence-electron chi connectivity index (χ3n) is 4.77. The highest BCUT2D eigenvalue weighted by Crippen LogP contribution is 2.22. The zero-order chi connectivity index (χ0) is 16.5. The van der Waals surface area contributed by atoms with Gasteiger partial charge in [0.15, 0.2) is 0 Å². The number of hydrogen-bond donors (Lipinski definition) is 1. The predicted molar refractivity (Wildman–Crippen MR) is 90.8 cm³/mol. The minimum Gasteiger partial charge on any atom is -0.336 e. The van der Waals surface area contributed by atoms with Crippen LogP contribution in [0.5, 0.6) is 0 Å². The van der Waals surface area contributed by atoms with Crippen molar-refractivity contribution in [1.29, 1.82) is 0 Å². The number of rotatable bonds is 3. The zero-order valence-electron chi connectivity index (χ0n) is 13.8. The van der Waals surface area contributed by atoms with E-state index in [-0.39, 0.29) is 5.91 Å². The monoisotopic (exact) mass is 323 g/mol. The Morgan fingerprint density at radius 2 is 2.17 bits per heavy atom. The molecule has 0 aliphatic heterocycles. The number of nitrogens with zero attached hydrogens (tertiary/aromatic N) is 4. The van der Waals surface area contributed by atoms with Gasteiger partial charge in [-0.25, -0.2) is 4.52 Å². The van der Waals surface area contributed by atoms with Crippen LogP contribution in [0.4, 0.5) is 0 Å². The van der Waals surface area contributed by atoms with Crippen LogP contribution in [-0.4, -0.2) is 37.7 Å². The molecule has 0 atom stereocenters. The SMILES string of the molecule is CN(Cc1n[nH]c2c1CCCCC2)C(=O)c1ccn2nccc2c1. The molecule has 0 saturated heterocycles. The van der Waals surface area contributed by atoms with Gasteiger partial charge in [-0.05, 0) is 49.4 Å². The van der Waals surface area contributed by atoms with E-state index in [1.54, 1.807) is 15.6 Å². The van der Waals surface area contributed by atoms with E-state index in [2.05, 4.69) is 15.3 Å². The number of aryl methyl sites for hydroxylation is 1. The average Bonchev–Trinajstić information content (AvgIpc) is 3.14. The first-order valence-corrected chi connectivity index (χ1v) is 8.46. The minimum absolute atomic E-state index is 0.00377. The topological polar surface area (TPSA) is 66.3 Å². The molecule has 124 valence electrons. The van der Waals surface area contributed by atoms with E-state index >= 15 is 0 Å². The molecule has 0 fully saturated rings. The number of nitrogens with one attached hydrogen (secondary N) is 1. The number of carbonyl (C=O) groups is 1. The van der Waals surface area contributed by atoms with Crippen LogP contribution in [0.2, 0.25) is 0 Å². The van der Waals surface area contributed by atoms with Crippen LogP contribution in [0.15, 0.2) is 30.6 Å². The van der Waals surface area contributed by atoms with Crippen molar-refractivity contribution >= 4 is 11.4 Å². The summed E-state index contributed by atoms with van der Waals surface area (Å²) in [4.78, 5) is 14.5. The van der Waals surface area contributed by atoms with Gasteiger partial charge in [0.25, 0.3) is 5.91 Å². The molecule has 1 aliphatic carbocycles. The molecular weight excluding hydrogens is 302 g/mol. The van der Waals surface area contributed by atoms with Crippen molar-refractivity contribution in [2.75, 3.05) is 7.05 Å². The summed E-state index contributed by atoms with van der Waals surface area (Å²) < 4.78 is 1.75. The molecule has 3 aromatic rings. The maximum absolute atomic E-state index is 12.7. The summed E-state index contributed by atoms with van der Waals surface area (Å²) in [5.41, 5.74) is 5.17. The van der Waals surface area contributed by atoms with Crippen LogP contribution >= 0.6 is 0 Å². The van der Waals surface area contributed by atoms with Gasteiger partial charge in [0, 0.05) is 30.7 Å². The Balaban J connectivity index is 1.54. The highest BCUT2D eigenvalue weighted by molar-refractivity contribution is 5.95. The Labute approximate surface area is 140 Å². The summed E-state index contributed by atoms with van der Waals surface area (Å²) in [7, 11) is 1.83. The molecule has 1 N–H and O–H groups in total. The van der Waals surface area contributed by atoms with E-state index in [9.17, 15) is 4.79 Å². The standard InChI is InChI=1S/C18H21N5O/c1-22(12-17-15-5-3-2-4-6-16(15)20-21-17)18(24)13-8-10-23-14(11-13)7-9-19-23/h7-11H,2-6,12H2,1H3,(H,20,21). The number of amides is 1. The molecular formula is C18H21N5O. The van der Waals surface area contributed by atoms with Gasteiger partial charge in [-0.3, -0.25) is 9.89 Å². The molecule has 1 amide bonds. The van der Waals surface area contributed by atoms with Crippen LogP contribution in [0.1, 0.15) is 46.6 Å². The summed E-state index contributed by atoms with van der Waals surface area (Å²) in [6.45, 7) is 0.537. The van der Waals surface area contributed by atoms with Gasteiger partial charge < -0.3 is 4.90 Å². The minimum atomic E-state index is 0.00377. The first-order valence-electron chi connectivity index (χ1n) is 8.46. The number of aromatic amines is 1. The fraction of sp³-hybridized carbons (Fsp3) is 0.389. The predicted octanol–water partition coefficient (Wildman–Crippen LogP) is 2.60. The second-order valence-corrected chi connectivity index (χ2v) is 6.47. The van der Waals surface area contributed by atoms with Crippen molar-refractivity contribution in [1.82, 2.24) is 24.7 Å². The van der Waals surface area contributed by atoms with Gasteiger partial charge in [0.2, 0.25) is 0 Å². The van der Waals surface area contributed by atoms with Crippen LogP contribution in [0.3, 0.4) is 0 Å². The van der Waals surface area contributed by atoms with Crippen molar-refractivity contribution < 1.29 is 4.79 Å². The number of fused-ring (bicyclic) bond motifs is 2. The fourth-order valence-corrected chi connectivity index (χ4v) is 3.43. The second-order valence-electron chi connectivity index (χ2n) is 6.47. The van der Waals surface area contributed by atoms with Crippen molar-refractivity contribution in [3.63, 3.8) is 0 Å². The maximum Gasteiger partial charge on any atom is 0.254 e. The van der Waals surface area contributed by atoms with Crippen LogP contribution < -0.4 is 0 Å². The van der Waals surface area contributed by atoms with E-state index in [4.69, 9.17) is 0 Å². The molecule has 3 heterocycles. The second kappa shape index (κ2) is 6.11. The molecule has 1 aliphatic rings. The number of hydrogen-bond acceptors (Lipinski definition) is 3. The lowest BCUT2D eigenvalue weighted by atomic mass is 10.1. The summed E-state index contributed by atoms with van der Waals surface area (Å²) >= 11 is 0. The molecule has 3 aromatic heterocycles. The third-order valence-corrected chi connectivity index (χ3v) is 4.77. The maximum atomic E-state index is 12.7. The van der Waals surface area contributed by atoms with E-state index in [1.165, 1.54) is 30.5 Å². The van der Waals surface area contributed by atoms with E-state index in [0.717, 1.165) is 24.1 Å². The molecule has 0 unspecified atom stereocenters. The summed E-state index contributed by atoms with van der Waals surface area (Å²) in [5, 5.41) is 11.8. The van der Waals surface area contributed by atoms with E-state index < -0.39 is 0 Å². The Kier molecular flexibility index (Phi) is 3.80. The van der Waals surface area contributed by atoms with Crippen LogP contribution in [-0.2, 0) is 19.4 Å². The lowest BCUT2D eigenvalue weighted by molar-refractivity contribution is 0.0783. The van der Waals surface area contributed by atoms with Crippen LogP contribution in [0.25, 0.3) is 5.52 Å². The molecule has 6 nitrogen and oxygen atoms in total. The summed E-state index contributed by atoms with van der Waals surface area (Å²) in [6.07, 6.45) is 9.36. The fourth-order valence-electron chi connectivity index (χ4n) is 3.43. The Morgan fingerprint density at radius 3 is 3.08 bits per heavy atom. The number of carbonyl (C=O) groups excluding carboxylic acids is 1. The number of H-pyrrole nitrogens is 1. The largest absolute Gasteiger partial charge is 0.336 e. The van der Waals surface area contributed by atoms with Crippen molar-refractivity contribution in [2.45, 2.75) is 38.6 Å². The molecule has 0 spiro atoms. The molecule has 0 bridgehead atoms. The Bertz CT molecular complexity index is 879. The normalized spacial score (nSPS) is 14.4.